The largest absolute Gasteiger partial charge is 0.342 e. The minimum atomic E-state index is 0. The molecule has 1 unspecified atom stereocenters. The Kier molecular flexibility index (Phi) is 2.70. The van der Waals surface area contributed by atoms with Crippen LogP contribution in [0, 0.1) is 6.92 Å². The normalized spacial score (nSPS) is 21.5. The van der Waals surface area contributed by atoms with E-state index in [1.807, 2.05) is 0 Å². The maximum atomic E-state index is 3.67. The molecule has 0 amide bonds. The van der Waals surface area contributed by atoms with Gasteiger partial charge in [0.2, 0.25) is 0 Å². The molecule has 2 heterocycles. The molecule has 0 radical (unpaired) electrons. The minimum Gasteiger partial charge on any atom is -0.342 e. The summed E-state index contributed by atoms with van der Waals surface area (Å²) in [6.45, 7) is 4.45. The Hall–Kier alpha value is -1.28. The number of hydrogen-bond acceptors (Lipinski definition) is 1. The summed E-state index contributed by atoms with van der Waals surface area (Å²) in [7, 11) is 0. The summed E-state index contributed by atoms with van der Waals surface area (Å²) in [5.41, 5.74) is 6.04. The third-order valence-electron chi connectivity index (χ3n) is 4.34. The third kappa shape index (κ3) is 1.45. The Morgan fingerprint density at radius 2 is 2.22 bits per heavy atom. The molecule has 1 N–H and O–H groups in total. The van der Waals surface area contributed by atoms with Gasteiger partial charge in [-0.25, -0.2) is 0 Å². The molecule has 18 heavy (non-hydrogen) atoms. The highest BCUT2D eigenvalue weighted by molar-refractivity contribution is 5.87. The molecule has 1 atom stereocenters. The molecule has 0 saturated heterocycles. The van der Waals surface area contributed by atoms with Crippen molar-refractivity contribution in [3.05, 3.63) is 35.0 Å². The number of nitrogens with zero attached hydrogens (tertiary/aromatic N) is 1. The zero-order chi connectivity index (χ0) is 11.4. The molecule has 1 aromatic heterocycles. The molecular formula is C16H22N2. The van der Waals surface area contributed by atoms with E-state index < -0.39 is 0 Å². The van der Waals surface area contributed by atoms with Gasteiger partial charge in [0.25, 0.3) is 0 Å². The quantitative estimate of drug-likeness (QED) is 0.747. The average molecular weight is 242 g/mol. The van der Waals surface area contributed by atoms with Crippen LogP contribution in [0.4, 0.5) is 0 Å². The number of nitrogens with one attached hydrogen (secondary N) is 1. The lowest BCUT2D eigenvalue weighted by Gasteiger charge is -2.31. The fourth-order valence-corrected chi connectivity index (χ4v) is 3.63. The van der Waals surface area contributed by atoms with E-state index in [1.54, 1.807) is 11.3 Å². The maximum Gasteiger partial charge on any atom is 0.0486 e. The monoisotopic (exact) mass is 242 g/mol. The van der Waals surface area contributed by atoms with E-state index in [2.05, 4.69) is 35.0 Å². The molecule has 0 saturated carbocycles. The molecule has 0 bridgehead atoms. The topological polar surface area (TPSA) is 17.0 Å². The van der Waals surface area contributed by atoms with Crippen LogP contribution in [-0.4, -0.2) is 11.1 Å². The van der Waals surface area contributed by atoms with Crippen molar-refractivity contribution in [1.29, 1.82) is 0 Å². The van der Waals surface area contributed by atoms with Gasteiger partial charge < -0.3 is 9.88 Å². The van der Waals surface area contributed by atoms with Gasteiger partial charge in [-0.2, -0.15) is 0 Å². The maximum absolute atomic E-state index is 3.67. The lowest BCUT2D eigenvalue weighted by atomic mass is 9.90. The summed E-state index contributed by atoms with van der Waals surface area (Å²) >= 11 is 0. The Bertz CT molecular complexity index is 593. The standard InChI is InChI=1S/C15H18N2.CH4/c1-10-5-6-14-12(9-10)11-3-2-4-13-15(11)17(14)8-7-16-13;/h5-6,9,13,16H,2-4,7-8H2,1H3;1H4. The summed E-state index contributed by atoms with van der Waals surface area (Å²) in [5, 5.41) is 5.18. The summed E-state index contributed by atoms with van der Waals surface area (Å²) in [4.78, 5) is 0. The predicted octanol–water partition coefficient (Wildman–Crippen LogP) is 3.57. The second kappa shape index (κ2) is 4.13. The molecule has 2 aromatic rings. The first kappa shape index (κ1) is 11.8. The van der Waals surface area contributed by atoms with Gasteiger partial charge in [0.15, 0.2) is 0 Å². The van der Waals surface area contributed by atoms with Crippen LogP contribution >= 0.6 is 0 Å². The van der Waals surface area contributed by atoms with Crippen molar-refractivity contribution in [1.82, 2.24) is 9.88 Å². The zero-order valence-corrected chi connectivity index (χ0v) is 10.3. The fourth-order valence-electron chi connectivity index (χ4n) is 3.63. The van der Waals surface area contributed by atoms with E-state index in [-0.39, 0.29) is 7.43 Å². The number of aryl methyl sites for hydroxylation is 2. The SMILES string of the molecule is C.Cc1ccc2c(c1)c1c3n2CCNC3CCC1. The first-order chi connectivity index (χ1) is 8.34. The van der Waals surface area contributed by atoms with Crippen molar-refractivity contribution in [3.8, 4) is 0 Å². The predicted molar refractivity (Wildman–Crippen MR) is 77.1 cm³/mol. The zero-order valence-electron chi connectivity index (χ0n) is 10.3. The molecule has 1 aliphatic heterocycles. The van der Waals surface area contributed by atoms with Crippen molar-refractivity contribution < 1.29 is 0 Å². The highest BCUT2D eigenvalue weighted by Gasteiger charge is 2.29. The number of fused-ring (bicyclic) bond motifs is 3. The average Bonchev–Trinajstić information content (AvgIpc) is 2.67. The second-order valence-corrected chi connectivity index (χ2v) is 5.43. The Labute approximate surface area is 109 Å². The summed E-state index contributed by atoms with van der Waals surface area (Å²) in [6, 6.07) is 7.54. The smallest absolute Gasteiger partial charge is 0.0486 e. The van der Waals surface area contributed by atoms with E-state index >= 15 is 0 Å². The van der Waals surface area contributed by atoms with Gasteiger partial charge in [0.1, 0.15) is 0 Å². The van der Waals surface area contributed by atoms with Gasteiger partial charge in [-0.05, 0) is 43.9 Å². The van der Waals surface area contributed by atoms with Gasteiger partial charge in [-0.15, -0.1) is 0 Å². The summed E-state index contributed by atoms with van der Waals surface area (Å²) in [5.74, 6) is 0. The summed E-state index contributed by atoms with van der Waals surface area (Å²) < 4.78 is 2.56. The van der Waals surface area contributed by atoms with Gasteiger partial charge in [-0.1, -0.05) is 19.1 Å². The van der Waals surface area contributed by atoms with Crippen molar-refractivity contribution in [3.63, 3.8) is 0 Å². The molecule has 2 nitrogen and oxygen atoms in total. The van der Waals surface area contributed by atoms with Crippen LogP contribution < -0.4 is 5.32 Å². The van der Waals surface area contributed by atoms with Crippen molar-refractivity contribution in [2.45, 2.75) is 46.2 Å². The molecule has 96 valence electrons. The molecule has 1 aliphatic carbocycles. The first-order valence-electron chi connectivity index (χ1n) is 6.69. The fraction of sp³-hybridized carbons (Fsp3) is 0.500. The number of aromatic nitrogens is 1. The lowest BCUT2D eigenvalue weighted by Crippen LogP contribution is -2.35. The number of benzene rings is 1. The van der Waals surface area contributed by atoms with Crippen LogP contribution in [0.15, 0.2) is 18.2 Å². The van der Waals surface area contributed by atoms with Crippen molar-refractivity contribution >= 4 is 10.9 Å². The second-order valence-electron chi connectivity index (χ2n) is 5.43. The molecule has 0 spiro atoms. The van der Waals surface area contributed by atoms with Crippen LogP contribution in [0.2, 0.25) is 0 Å². The van der Waals surface area contributed by atoms with Gasteiger partial charge in [0.05, 0.1) is 0 Å². The molecular weight excluding hydrogens is 220 g/mol. The van der Waals surface area contributed by atoms with E-state index in [0.29, 0.717) is 6.04 Å². The van der Waals surface area contributed by atoms with Gasteiger partial charge >= 0.3 is 0 Å². The summed E-state index contributed by atoms with van der Waals surface area (Å²) in [6.07, 6.45) is 3.90. The Morgan fingerprint density at radius 1 is 1.33 bits per heavy atom. The first-order valence-corrected chi connectivity index (χ1v) is 6.69. The van der Waals surface area contributed by atoms with Crippen LogP contribution in [0.3, 0.4) is 0 Å². The van der Waals surface area contributed by atoms with Crippen molar-refractivity contribution in [2.75, 3.05) is 6.54 Å². The molecule has 0 fully saturated rings. The number of rotatable bonds is 0. The Morgan fingerprint density at radius 3 is 3.11 bits per heavy atom. The lowest BCUT2D eigenvalue weighted by molar-refractivity contribution is 0.384. The van der Waals surface area contributed by atoms with Gasteiger partial charge in [-0.3, -0.25) is 0 Å². The third-order valence-corrected chi connectivity index (χ3v) is 4.34. The number of hydrogen-bond donors (Lipinski definition) is 1. The highest BCUT2D eigenvalue weighted by Crippen LogP contribution is 2.38. The van der Waals surface area contributed by atoms with Crippen LogP contribution in [-0.2, 0) is 13.0 Å². The minimum absolute atomic E-state index is 0. The highest BCUT2D eigenvalue weighted by atomic mass is 15.1. The molecule has 2 aliphatic rings. The van der Waals surface area contributed by atoms with Crippen LogP contribution in [0.1, 0.15) is 43.1 Å². The van der Waals surface area contributed by atoms with E-state index in [4.69, 9.17) is 0 Å². The van der Waals surface area contributed by atoms with Crippen molar-refractivity contribution in [2.24, 2.45) is 0 Å². The van der Waals surface area contributed by atoms with Gasteiger partial charge in [0, 0.05) is 35.7 Å². The molecule has 2 heteroatoms. The molecule has 1 aromatic carbocycles. The van der Waals surface area contributed by atoms with E-state index in [0.717, 1.165) is 13.1 Å². The van der Waals surface area contributed by atoms with Crippen LogP contribution in [0.5, 0.6) is 0 Å². The molecule has 4 rings (SSSR count). The Balaban J connectivity index is 0.000001000. The van der Waals surface area contributed by atoms with E-state index in [9.17, 15) is 0 Å². The van der Waals surface area contributed by atoms with E-state index in [1.165, 1.54) is 35.7 Å². The van der Waals surface area contributed by atoms with Crippen LogP contribution in [0.25, 0.3) is 10.9 Å².